The summed E-state index contributed by atoms with van der Waals surface area (Å²) in [6, 6.07) is 6.96. The van der Waals surface area contributed by atoms with Crippen LogP contribution in [-0.2, 0) is 9.53 Å². The standard InChI is InChI=1S/C15H21N3O3/c1-3-21-15(20)18-13-6-4-12(5-7-13)17-14(19)10(2)11-8-16-9-11/h4-7,10-11,16H,3,8-9H2,1-2H3,(H,17,19)(H,18,20). The Labute approximate surface area is 124 Å². The molecule has 0 spiro atoms. The van der Waals surface area contributed by atoms with Crippen molar-refractivity contribution in [1.82, 2.24) is 5.32 Å². The molecule has 1 fully saturated rings. The van der Waals surface area contributed by atoms with Crippen molar-refractivity contribution in [2.45, 2.75) is 13.8 Å². The first-order valence-electron chi connectivity index (χ1n) is 7.15. The van der Waals surface area contributed by atoms with E-state index in [0.717, 1.165) is 13.1 Å². The van der Waals surface area contributed by atoms with E-state index in [-0.39, 0.29) is 11.8 Å². The Morgan fingerprint density at radius 2 is 1.81 bits per heavy atom. The zero-order valence-electron chi connectivity index (χ0n) is 12.3. The molecular formula is C15H21N3O3. The number of rotatable bonds is 5. The van der Waals surface area contributed by atoms with E-state index in [9.17, 15) is 9.59 Å². The highest BCUT2D eigenvalue weighted by atomic mass is 16.5. The molecule has 1 aromatic carbocycles. The third kappa shape index (κ3) is 4.19. The first-order chi connectivity index (χ1) is 10.1. The molecular weight excluding hydrogens is 270 g/mol. The largest absolute Gasteiger partial charge is 0.450 e. The highest BCUT2D eigenvalue weighted by molar-refractivity contribution is 5.93. The summed E-state index contributed by atoms with van der Waals surface area (Å²) in [5.41, 5.74) is 1.34. The lowest BCUT2D eigenvalue weighted by Gasteiger charge is -2.31. The van der Waals surface area contributed by atoms with Crippen LogP contribution in [0.25, 0.3) is 0 Å². The minimum atomic E-state index is -0.486. The lowest BCUT2D eigenvalue weighted by Crippen LogP contribution is -2.48. The molecule has 1 unspecified atom stereocenters. The maximum atomic E-state index is 12.1. The molecule has 0 bridgehead atoms. The number of ether oxygens (including phenoxy) is 1. The van der Waals surface area contributed by atoms with Crippen molar-refractivity contribution in [3.63, 3.8) is 0 Å². The maximum Gasteiger partial charge on any atom is 0.411 e. The zero-order chi connectivity index (χ0) is 15.2. The summed E-state index contributed by atoms with van der Waals surface area (Å²) in [6.07, 6.45) is -0.486. The molecule has 1 saturated heterocycles. The van der Waals surface area contributed by atoms with Gasteiger partial charge in [-0.05, 0) is 50.2 Å². The number of nitrogens with one attached hydrogen (secondary N) is 3. The number of amides is 2. The molecule has 2 rings (SSSR count). The van der Waals surface area contributed by atoms with Gasteiger partial charge in [-0.3, -0.25) is 10.1 Å². The highest BCUT2D eigenvalue weighted by Crippen LogP contribution is 2.19. The van der Waals surface area contributed by atoms with Crippen LogP contribution in [0.1, 0.15) is 13.8 Å². The molecule has 0 aromatic heterocycles. The van der Waals surface area contributed by atoms with Crippen LogP contribution < -0.4 is 16.0 Å². The molecule has 1 atom stereocenters. The predicted octanol–water partition coefficient (Wildman–Crippen LogP) is 2.05. The highest BCUT2D eigenvalue weighted by Gasteiger charge is 2.28. The van der Waals surface area contributed by atoms with E-state index >= 15 is 0 Å². The second-order valence-electron chi connectivity index (χ2n) is 5.12. The van der Waals surface area contributed by atoms with Crippen LogP contribution in [0.15, 0.2) is 24.3 Å². The lowest BCUT2D eigenvalue weighted by atomic mass is 9.88. The van der Waals surface area contributed by atoms with E-state index in [1.54, 1.807) is 31.2 Å². The Bertz CT molecular complexity index is 497. The molecule has 1 aromatic rings. The van der Waals surface area contributed by atoms with Crippen molar-refractivity contribution in [2.24, 2.45) is 11.8 Å². The number of carbonyl (C=O) groups is 2. The fourth-order valence-corrected chi connectivity index (χ4v) is 2.06. The van der Waals surface area contributed by atoms with Gasteiger partial charge in [0.25, 0.3) is 0 Å². The van der Waals surface area contributed by atoms with Crippen LogP contribution in [0, 0.1) is 11.8 Å². The van der Waals surface area contributed by atoms with Gasteiger partial charge in [0.2, 0.25) is 5.91 Å². The maximum absolute atomic E-state index is 12.1. The zero-order valence-corrected chi connectivity index (χ0v) is 12.3. The van der Waals surface area contributed by atoms with Crippen molar-refractivity contribution in [2.75, 3.05) is 30.3 Å². The van der Waals surface area contributed by atoms with E-state index in [1.807, 2.05) is 6.92 Å². The first-order valence-corrected chi connectivity index (χ1v) is 7.15. The average molecular weight is 291 g/mol. The van der Waals surface area contributed by atoms with Gasteiger partial charge in [0.15, 0.2) is 0 Å². The molecule has 0 saturated carbocycles. The summed E-state index contributed by atoms with van der Waals surface area (Å²) in [5, 5.41) is 8.65. The van der Waals surface area contributed by atoms with Crippen LogP contribution in [0.4, 0.5) is 16.2 Å². The number of carbonyl (C=O) groups excluding carboxylic acids is 2. The van der Waals surface area contributed by atoms with Gasteiger partial charge < -0.3 is 15.4 Å². The fourth-order valence-electron chi connectivity index (χ4n) is 2.06. The molecule has 0 radical (unpaired) electrons. The summed E-state index contributed by atoms with van der Waals surface area (Å²) < 4.78 is 4.79. The quantitative estimate of drug-likeness (QED) is 0.775. The predicted molar refractivity (Wildman–Crippen MR) is 81.2 cm³/mol. The molecule has 0 aliphatic carbocycles. The van der Waals surface area contributed by atoms with Crippen molar-refractivity contribution in [3.05, 3.63) is 24.3 Å². The summed E-state index contributed by atoms with van der Waals surface area (Å²) in [6.45, 7) is 5.82. The third-order valence-electron chi connectivity index (χ3n) is 3.61. The second kappa shape index (κ2) is 7.08. The Morgan fingerprint density at radius 1 is 1.24 bits per heavy atom. The molecule has 6 nitrogen and oxygen atoms in total. The van der Waals surface area contributed by atoms with E-state index in [1.165, 1.54) is 0 Å². The SMILES string of the molecule is CCOC(=O)Nc1ccc(NC(=O)C(C)C2CNC2)cc1. The molecule has 2 amide bonds. The summed E-state index contributed by atoms with van der Waals surface area (Å²) in [7, 11) is 0. The van der Waals surface area contributed by atoms with Gasteiger partial charge in [0.1, 0.15) is 0 Å². The third-order valence-corrected chi connectivity index (χ3v) is 3.61. The molecule has 1 aliphatic rings. The van der Waals surface area contributed by atoms with Gasteiger partial charge in [0, 0.05) is 17.3 Å². The fraction of sp³-hybridized carbons (Fsp3) is 0.467. The van der Waals surface area contributed by atoms with Crippen molar-refractivity contribution in [1.29, 1.82) is 0 Å². The lowest BCUT2D eigenvalue weighted by molar-refractivity contribution is -0.121. The topological polar surface area (TPSA) is 79.5 Å². The molecule has 114 valence electrons. The van der Waals surface area contributed by atoms with E-state index in [0.29, 0.717) is 23.9 Å². The molecule has 21 heavy (non-hydrogen) atoms. The van der Waals surface area contributed by atoms with Gasteiger partial charge in [-0.25, -0.2) is 4.79 Å². The molecule has 1 aliphatic heterocycles. The van der Waals surface area contributed by atoms with Gasteiger partial charge in [-0.1, -0.05) is 6.92 Å². The van der Waals surface area contributed by atoms with Crippen molar-refractivity contribution in [3.8, 4) is 0 Å². The van der Waals surface area contributed by atoms with E-state index in [2.05, 4.69) is 16.0 Å². The molecule has 3 N–H and O–H groups in total. The summed E-state index contributed by atoms with van der Waals surface area (Å²) in [4.78, 5) is 23.3. The van der Waals surface area contributed by atoms with Crippen molar-refractivity contribution < 1.29 is 14.3 Å². The second-order valence-corrected chi connectivity index (χ2v) is 5.12. The van der Waals surface area contributed by atoms with Gasteiger partial charge >= 0.3 is 6.09 Å². The first kappa shape index (κ1) is 15.3. The number of hydrogen-bond donors (Lipinski definition) is 3. The van der Waals surface area contributed by atoms with Crippen LogP contribution in [-0.4, -0.2) is 31.7 Å². The van der Waals surface area contributed by atoms with Crippen LogP contribution >= 0.6 is 0 Å². The summed E-state index contributed by atoms with van der Waals surface area (Å²) >= 11 is 0. The Hall–Kier alpha value is -2.08. The monoisotopic (exact) mass is 291 g/mol. The van der Waals surface area contributed by atoms with Crippen LogP contribution in [0.3, 0.4) is 0 Å². The van der Waals surface area contributed by atoms with Crippen molar-refractivity contribution >= 4 is 23.4 Å². The van der Waals surface area contributed by atoms with E-state index < -0.39 is 6.09 Å². The smallest absolute Gasteiger partial charge is 0.411 e. The molecule has 1 heterocycles. The summed E-state index contributed by atoms with van der Waals surface area (Å²) in [5.74, 6) is 0.422. The normalized spacial score (nSPS) is 15.7. The number of hydrogen-bond acceptors (Lipinski definition) is 4. The number of benzene rings is 1. The van der Waals surface area contributed by atoms with E-state index in [4.69, 9.17) is 4.74 Å². The van der Waals surface area contributed by atoms with Gasteiger partial charge in [0.05, 0.1) is 6.61 Å². The van der Waals surface area contributed by atoms with Gasteiger partial charge in [-0.2, -0.15) is 0 Å². The van der Waals surface area contributed by atoms with Gasteiger partial charge in [-0.15, -0.1) is 0 Å². The van der Waals surface area contributed by atoms with Crippen LogP contribution in [0.2, 0.25) is 0 Å². The van der Waals surface area contributed by atoms with Crippen LogP contribution in [0.5, 0.6) is 0 Å². The Balaban J connectivity index is 1.86. The molecule has 6 heteroatoms. The number of anilines is 2. The minimum absolute atomic E-state index is 0.0106. The minimum Gasteiger partial charge on any atom is -0.450 e. The Kier molecular flexibility index (Phi) is 5.16. The average Bonchev–Trinajstić information content (AvgIpc) is 2.39. The Morgan fingerprint density at radius 3 is 2.29 bits per heavy atom.